The van der Waals surface area contributed by atoms with Crippen molar-refractivity contribution in [1.29, 1.82) is 0 Å². The Bertz CT molecular complexity index is 400. The van der Waals surface area contributed by atoms with Crippen molar-refractivity contribution in [3.8, 4) is 5.75 Å². The molecule has 1 aliphatic heterocycles. The fourth-order valence-corrected chi connectivity index (χ4v) is 2.72. The molecule has 1 N–H and O–H groups in total. The molecule has 2 heteroatoms. The first-order valence-corrected chi connectivity index (χ1v) is 8.21. The van der Waals surface area contributed by atoms with Crippen molar-refractivity contribution < 1.29 is 4.74 Å². The first kappa shape index (κ1) is 15.4. The second-order valence-electron chi connectivity index (χ2n) is 6.30. The zero-order chi connectivity index (χ0) is 14.2. The number of ether oxygens (including phenoxy) is 1. The lowest BCUT2D eigenvalue weighted by Crippen LogP contribution is -2.20. The van der Waals surface area contributed by atoms with E-state index in [-0.39, 0.29) is 0 Å². The van der Waals surface area contributed by atoms with Gasteiger partial charge < -0.3 is 10.1 Å². The Morgan fingerprint density at radius 1 is 1.15 bits per heavy atom. The SMILES string of the molecule is CC(C)CNCCCCCCc1ccc2c(c1)CCO2. The molecule has 1 aliphatic rings. The summed E-state index contributed by atoms with van der Waals surface area (Å²) in [6.45, 7) is 7.71. The molecule has 0 aromatic heterocycles. The van der Waals surface area contributed by atoms with Crippen LogP contribution >= 0.6 is 0 Å². The summed E-state index contributed by atoms with van der Waals surface area (Å²) in [5.41, 5.74) is 2.88. The molecular formula is C18H29NO. The standard InChI is InChI=1S/C18H29NO/c1-15(2)14-19-11-6-4-3-5-7-16-8-9-18-17(13-16)10-12-20-18/h8-9,13,15,19H,3-7,10-12,14H2,1-2H3. The first-order chi connectivity index (χ1) is 9.75. The Hall–Kier alpha value is -1.02. The van der Waals surface area contributed by atoms with Gasteiger partial charge in [-0.2, -0.15) is 0 Å². The van der Waals surface area contributed by atoms with Crippen LogP contribution in [0.15, 0.2) is 18.2 Å². The van der Waals surface area contributed by atoms with Gasteiger partial charge in [0.25, 0.3) is 0 Å². The van der Waals surface area contributed by atoms with Crippen LogP contribution in [-0.2, 0) is 12.8 Å². The highest BCUT2D eigenvalue weighted by molar-refractivity contribution is 5.39. The van der Waals surface area contributed by atoms with E-state index in [1.54, 1.807) is 0 Å². The number of benzene rings is 1. The molecule has 0 fully saturated rings. The zero-order valence-corrected chi connectivity index (χ0v) is 13.1. The van der Waals surface area contributed by atoms with Gasteiger partial charge in [-0.25, -0.2) is 0 Å². The van der Waals surface area contributed by atoms with Gasteiger partial charge in [-0.15, -0.1) is 0 Å². The third-order valence-electron chi connectivity index (χ3n) is 3.88. The molecule has 2 nitrogen and oxygen atoms in total. The molecule has 0 saturated carbocycles. The van der Waals surface area contributed by atoms with Gasteiger partial charge >= 0.3 is 0 Å². The van der Waals surface area contributed by atoms with Crippen molar-refractivity contribution in [2.24, 2.45) is 5.92 Å². The summed E-state index contributed by atoms with van der Waals surface area (Å²) in [5, 5.41) is 3.51. The van der Waals surface area contributed by atoms with Gasteiger partial charge in [0.05, 0.1) is 6.61 Å². The summed E-state index contributed by atoms with van der Waals surface area (Å²) in [5.74, 6) is 1.86. The van der Waals surface area contributed by atoms with Crippen LogP contribution in [0.3, 0.4) is 0 Å². The van der Waals surface area contributed by atoms with E-state index in [0.29, 0.717) is 0 Å². The molecule has 112 valence electrons. The van der Waals surface area contributed by atoms with E-state index in [2.05, 4.69) is 37.4 Å². The summed E-state index contributed by atoms with van der Waals surface area (Å²) in [6.07, 6.45) is 7.61. The summed E-state index contributed by atoms with van der Waals surface area (Å²) >= 11 is 0. The van der Waals surface area contributed by atoms with Gasteiger partial charge in [-0.1, -0.05) is 38.8 Å². The van der Waals surface area contributed by atoms with Crippen LogP contribution < -0.4 is 10.1 Å². The molecule has 0 unspecified atom stereocenters. The molecule has 0 bridgehead atoms. The smallest absolute Gasteiger partial charge is 0.122 e. The minimum atomic E-state index is 0.763. The quantitative estimate of drug-likeness (QED) is 0.689. The van der Waals surface area contributed by atoms with Gasteiger partial charge in [0.2, 0.25) is 0 Å². The highest BCUT2D eigenvalue weighted by atomic mass is 16.5. The Kier molecular flexibility index (Phi) is 6.38. The molecule has 0 amide bonds. The number of aryl methyl sites for hydroxylation is 1. The molecule has 0 atom stereocenters. The third-order valence-corrected chi connectivity index (χ3v) is 3.88. The van der Waals surface area contributed by atoms with Crippen LogP contribution in [0.5, 0.6) is 5.75 Å². The van der Waals surface area contributed by atoms with Crippen molar-refractivity contribution in [2.45, 2.75) is 52.4 Å². The highest BCUT2D eigenvalue weighted by Crippen LogP contribution is 2.26. The van der Waals surface area contributed by atoms with Crippen molar-refractivity contribution in [2.75, 3.05) is 19.7 Å². The Morgan fingerprint density at radius 2 is 2.00 bits per heavy atom. The lowest BCUT2D eigenvalue weighted by atomic mass is 10.0. The monoisotopic (exact) mass is 275 g/mol. The van der Waals surface area contributed by atoms with Crippen LogP contribution in [0.2, 0.25) is 0 Å². The van der Waals surface area contributed by atoms with Crippen molar-refractivity contribution in [1.82, 2.24) is 5.32 Å². The number of nitrogens with one attached hydrogen (secondary N) is 1. The van der Waals surface area contributed by atoms with Crippen LogP contribution in [0.1, 0.15) is 50.7 Å². The van der Waals surface area contributed by atoms with Crippen LogP contribution in [0, 0.1) is 5.92 Å². The van der Waals surface area contributed by atoms with Gasteiger partial charge in [0.15, 0.2) is 0 Å². The van der Waals surface area contributed by atoms with E-state index in [9.17, 15) is 0 Å². The summed E-state index contributed by atoms with van der Waals surface area (Å²) < 4.78 is 5.54. The maximum Gasteiger partial charge on any atom is 0.122 e. The van der Waals surface area contributed by atoms with Gasteiger partial charge in [0.1, 0.15) is 5.75 Å². The Balaban J connectivity index is 1.53. The number of unbranched alkanes of at least 4 members (excludes halogenated alkanes) is 3. The molecule has 1 heterocycles. The lowest BCUT2D eigenvalue weighted by molar-refractivity contribution is 0.357. The molecule has 1 aromatic carbocycles. The van der Waals surface area contributed by atoms with Crippen LogP contribution in [0.4, 0.5) is 0 Å². The lowest BCUT2D eigenvalue weighted by Gasteiger charge is -2.07. The second-order valence-corrected chi connectivity index (χ2v) is 6.30. The number of rotatable bonds is 9. The number of hydrogen-bond acceptors (Lipinski definition) is 2. The van der Waals surface area contributed by atoms with Crippen molar-refractivity contribution in [3.63, 3.8) is 0 Å². The van der Waals surface area contributed by atoms with E-state index in [4.69, 9.17) is 4.74 Å². The topological polar surface area (TPSA) is 21.3 Å². The van der Waals surface area contributed by atoms with Gasteiger partial charge in [0, 0.05) is 6.42 Å². The molecule has 2 rings (SSSR count). The number of hydrogen-bond donors (Lipinski definition) is 1. The second kappa shape index (κ2) is 8.31. The average molecular weight is 275 g/mol. The van der Waals surface area contributed by atoms with Crippen LogP contribution in [0.25, 0.3) is 0 Å². The zero-order valence-electron chi connectivity index (χ0n) is 13.1. The van der Waals surface area contributed by atoms with Gasteiger partial charge in [-0.05, 0) is 55.5 Å². The van der Waals surface area contributed by atoms with E-state index < -0.39 is 0 Å². The summed E-state index contributed by atoms with van der Waals surface area (Å²) in [7, 11) is 0. The fourth-order valence-electron chi connectivity index (χ4n) is 2.72. The molecular weight excluding hydrogens is 246 g/mol. The van der Waals surface area contributed by atoms with E-state index in [1.807, 2.05) is 0 Å². The first-order valence-electron chi connectivity index (χ1n) is 8.21. The Morgan fingerprint density at radius 3 is 2.85 bits per heavy atom. The van der Waals surface area contributed by atoms with E-state index in [0.717, 1.165) is 31.2 Å². The van der Waals surface area contributed by atoms with E-state index in [1.165, 1.54) is 49.8 Å². The maximum absolute atomic E-state index is 5.54. The molecule has 0 radical (unpaired) electrons. The third kappa shape index (κ3) is 5.16. The minimum Gasteiger partial charge on any atom is -0.493 e. The maximum atomic E-state index is 5.54. The molecule has 20 heavy (non-hydrogen) atoms. The number of fused-ring (bicyclic) bond motifs is 1. The van der Waals surface area contributed by atoms with Gasteiger partial charge in [-0.3, -0.25) is 0 Å². The predicted molar refractivity (Wildman–Crippen MR) is 85.5 cm³/mol. The average Bonchev–Trinajstić information content (AvgIpc) is 2.89. The van der Waals surface area contributed by atoms with Crippen molar-refractivity contribution in [3.05, 3.63) is 29.3 Å². The summed E-state index contributed by atoms with van der Waals surface area (Å²) in [4.78, 5) is 0. The minimum absolute atomic E-state index is 0.763. The largest absolute Gasteiger partial charge is 0.493 e. The molecule has 1 aromatic rings. The summed E-state index contributed by atoms with van der Waals surface area (Å²) in [6, 6.07) is 6.72. The molecule has 0 spiro atoms. The van der Waals surface area contributed by atoms with E-state index >= 15 is 0 Å². The van der Waals surface area contributed by atoms with Crippen molar-refractivity contribution >= 4 is 0 Å². The normalized spacial score (nSPS) is 13.6. The fraction of sp³-hybridized carbons (Fsp3) is 0.667. The Labute approximate surface area is 123 Å². The van der Waals surface area contributed by atoms with Crippen LogP contribution in [-0.4, -0.2) is 19.7 Å². The highest BCUT2D eigenvalue weighted by Gasteiger charge is 2.11. The molecule has 0 saturated heterocycles. The predicted octanol–water partition coefficient (Wildman–Crippen LogP) is 3.97. The molecule has 0 aliphatic carbocycles.